The predicted octanol–water partition coefficient (Wildman–Crippen LogP) is 1.38. The number of hydrogen-bond acceptors (Lipinski definition) is 3. The summed E-state index contributed by atoms with van der Waals surface area (Å²) in [6.45, 7) is 5.17. The van der Waals surface area contributed by atoms with E-state index >= 15 is 0 Å². The molecule has 0 radical (unpaired) electrons. The molecule has 16 heavy (non-hydrogen) atoms. The van der Waals surface area contributed by atoms with Crippen LogP contribution in [0.25, 0.3) is 0 Å². The van der Waals surface area contributed by atoms with Crippen molar-refractivity contribution in [2.45, 2.75) is 25.0 Å². The van der Waals surface area contributed by atoms with Crippen LogP contribution in [-0.2, 0) is 14.3 Å². The van der Waals surface area contributed by atoms with Crippen LogP contribution in [-0.4, -0.2) is 36.5 Å². The van der Waals surface area contributed by atoms with Gasteiger partial charge in [-0.2, -0.15) is 0 Å². The van der Waals surface area contributed by atoms with Crippen molar-refractivity contribution in [1.82, 2.24) is 0 Å². The number of epoxide rings is 2. The monoisotopic (exact) mass is 224 g/mol. The Balaban J connectivity index is 1.86. The quantitative estimate of drug-likeness (QED) is 0.403. The second kappa shape index (κ2) is 4.80. The maximum atomic E-state index is 10.9. The Labute approximate surface area is 94.5 Å². The van der Waals surface area contributed by atoms with Gasteiger partial charge in [0.15, 0.2) is 0 Å². The lowest BCUT2D eigenvalue weighted by Crippen LogP contribution is -2.12. The van der Waals surface area contributed by atoms with E-state index in [1.165, 1.54) is 0 Å². The Kier molecular flexibility index (Phi) is 3.41. The van der Waals surface area contributed by atoms with Gasteiger partial charge >= 0.3 is 5.97 Å². The SMILES string of the molecule is C=C(C(=O)O)C(C=CCC1CO1)CC1CO1. The Hall–Kier alpha value is -1.13. The largest absolute Gasteiger partial charge is 0.478 e. The smallest absolute Gasteiger partial charge is 0.331 e. The first-order chi connectivity index (χ1) is 7.66. The summed E-state index contributed by atoms with van der Waals surface area (Å²) in [6, 6.07) is 0. The molecule has 0 aromatic carbocycles. The van der Waals surface area contributed by atoms with E-state index in [9.17, 15) is 4.79 Å². The highest BCUT2D eigenvalue weighted by atomic mass is 16.6. The van der Waals surface area contributed by atoms with Crippen molar-refractivity contribution in [2.24, 2.45) is 5.92 Å². The van der Waals surface area contributed by atoms with Crippen LogP contribution in [0.3, 0.4) is 0 Å². The zero-order valence-corrected chi connectivity index (χ0v) is 9.09. The Bertz CT molecular complexity index is 313. The molecule has 2 aliphatic heterocycles. The maximum Gasteiger partial charge on any atom is 0.331 e. The number of carboxylic acid groups (broad SMARTS) is 1. The van der Waals surface area contributed by atoms with Gasteiger partial charge < -0.3 is 14.6 Å². The van der Waals surface area contributed by atoms with Gasteiger partial charge in [0.2, 0.25) is 0 Å². The molecule has 3 unspecified atom stereocenters. The van der Waals surface area contributed by atoms with Gasteiger partial charge in [-0.3, -0.25) is 0 Å². The summed E-state index contributed by atoms with van der Waals surface area (Å²) in [4.78, 5) is 10.9. The molecule has 2 saturated heterocycles. The third-order valence-electron chi connectivity index (χ3n) is 2.81. The minimum Gasteiger partial charge on any atom is -0.478 e. The number of rotatable bonds is 7. The number of hydrogen-bond donors (Lipinski definition) is 1. The first-order valence-electron chi connectivity index (χ1n) is 5.48. The highest BCUT2D eigenvalue weighted by Crippen LogP contribution is 2.26. The maximum absolute atomic E-state index is 10.9. The third-order valence-corrected chi connectivity index (χ3v) is 2.81. The second-order valence-corrected chi connectivity index (χ2v) is 4.25. The van der Waals surface area contributed by atoms with E-state index in [-0.39, 0.29) is 17.6 Å². The first-order valence-corrected chi connectivity index (χ1v) is 5.48. The van der Waals surface area contributed by atoms with E-state index in [0.29, 0.717) is 12.5 Å². The van der Waals surface area contributed by atoms with Gasteiger partial charge in [0, 0.05) is 11.5 Å². The summed E-state index contributed by atoms with van der Waals surface area (Å²) in [5.74, 6) is -1.05. The highest BCUT2D eigenvalue weighted by Gasteiger charge is 2.28. The molecule has 2 aliphatic rings. The van der Waals surface area contributed by atoms with Crippen molar-refractivity contribution >= 4 is 5.97 Å². The number of carbonyl (C=O) groups is 1. The van der Waals surface area contributed by atoms with Crippen LogP contribution in [0.15, 0.2) is 24.3 Å². The van der Waals surface area contributed by atoms with E-state index in [1.54, 1.807) is 0 Å². The molecule has 88 valence electrons. The number of ether oxygens (including phenoxy) is 2. The fraction of sp³-hybridized carbons (Fsp3) is 0.583. The molecule has 0 amide bonds. The van der Waals surface area contributed by atoms with Gasteiger partial charge in [-0.1, -0.05) is 18.7 Å². The van der Waals surface area contributed by atoms with Gasteiger partial charge in [-0.25, -0.2) is 4.79 Å². The highest BCUT2D eigenvalue weighted by molar-refractivity contribution is 5.86. The third kappa shape index (κ3) is 3.47. The van der Waals surface area contributed by atoms with Crippen LogP contribution in [0.1, 0.15) is 12.8 Å². The van der Waals surface area contributed by atoms with Gasteiger partial charge in [0.1, 0.15) is 0 Å². The summed E-state index contributed by atoms with van der Waals surface area (Å²) in [5.41, 5.74) is 0.239. The molecule has 0 aromatic heterocycles. The number of allylic oxidation sites excluding steroid dienone is 1. The molecule has 0 aromatic rings. The summed E-state index contributed by atoms with van der Waals surface area (Å²) >= 11 is 0. The van der Waals surface area contributed by atoms with E-state index in [0.717, 1.165) is 19.6 Å². The van der Waals surface area contributed by atoms with Crippen molar-refractivity contribution < 1.29 is 19.4 Å². The van der Waals surface area contributed by atoms with Crippen LogP contribution in [0.4, 0.5) is 0 Å². The molecule has 0 saturated carbocycles. The molecule has 2 heterocycles. The Morgan fingerprint density at radius 2 is 2.06 bits per heavy atom. The minimum atomic E-state index is -0.932. The molecule has 0 bridgehead atoms. The topological polar surface area (TPSA) is 62.4 Å². The van der Waals surface area contributed by atoms with Crippen molar-refractivity contribution in [2.75, 3.05) is 13.2 Å². The average Bonchev–Trinajstić information content (AvgIpc) is 3.09. The molecule has 3 atom stereocenters. The zero-order chi connectivity index (χ0) is 11.5. The number of aliphatic carboxylic acids is 1. The standard InChI is InChI=1S/C12H16O4/c1-8(12(13)14)9(5-11-7-16-11)3-2-4-10-6-15-10/h2-3,9-11H,1,4-7H2,(H,13,14). The summed E-state index contributed by atoms with van der Waals surface area (Å²) in [7, 11) is 0. The summed E-state index contributed by atoms with van der Waals surface area (Å²) in [6.07, 6.45) is 6.02. The van der Waals surface area contributed by atoms with E-state index in [2.05, 4.69) is 6.58 Å². The van der Waals surface area contributed by atoms with E-state index in [1.807, 2.05) is 12.2 Å². The minimum absolute atomic E-state index is 0.122. The van der Waals surface area contributed by atoms with Crippen molar-refractivity contribution in [1.29, 1.82) is 0 Å². The molecule has 2 fully saturated rings. The van der Waals surface area contributed by atoms with Crippen molar-refractivity contribution in [3.05, 3.63) is 24.3 Å². The van der Waals surface area contributed by atoms with Gasteiger partial charge in [0.25, 0.3) is 0 Å². The van der Waals surface area contributed by atoms with E-state index < -0.39 is 5.97 Å². The lowest BCUT2D eigenvalue weighted by Gasteiger charge is -2.10. The summed E-state index contributed by atoms with van der Waals surface area (Å²) in [5, 5.41) is 8.91. The van der Waals surface area contributed by atoms with Crippen LogP contribution in [0.2, 0.25) is 0 Å². The zero-order valence-electron chi connectivity index (χ0n) is 9.09. The lowest BCUT2D eigenvalue weighted by atomic mass is 9.94. The Morgan fingerprint density at radius 1 is 1.44 bits per heavy atom. The van der Waals surface area contributed by atoms with E-state index in [4.69, 9.17) is 14.6 Å². The average molecular weight is 224 g/mol. The molecule has 4 heteroatoms. The fourth-order valence-corrected chi connectivity index (χ4v) is 1.58. The first kappa shape index (κ1) is 11.4. The van der Waals surface area contributed by atoms with Crippen LogP contribution in [0.5, 0.6) is 0 Å². The van der Waals surface area contributed by atoms with Gasteiger partial charge in [-0.05, 0) is 12.8 Å². The number of carboxylic acids is 1. The molecule has 1 N–H and O–H groups in total. The fourth-order valence-electron chi connectivity index (χ4n) is 1.58. The second-order valence-electron chi connectivity index (χ2n) is 4.25. The molecule has 0 aliphatic carbocycles. The molecular formula is C12H16O4. The Morgan fingerprint density at radius 3 is 2.56 bits per heavy atom. The van der Waals surface area contributed by atoms with Gasteiger partial charge in [-0.15, -0.1) is 0 Å². The summed E-state index contributed by atoms with van der Waals surface area (Å²) < 4.78 is 10.2. The van der Waals surface area contributed by atoms with Crippen molar-refractivity contribution in [3.8, 4) is 0 Å². The van der Waals surface area contributed by atoms with Crippen LogP contribution >= 0.6 is 0 Å². The molecule has 2 rings (SSSR count). The normalized spacial score (nSPS) is 29.0. The predicted molar refractivity (Wildman–Crippen MR) is 58.1 cm³/mol. The molecule has 4 nitrogen and oxygen atoms in total. The van der Waals surface area contributed by atoms with Crippen molar-refractivity contribution in [3.63, 3.8) is 0 Å². The molecule has 0 spiro atoms. The lowest BCUT2D eigenvalue weighted by molar-refractivity contribution is -0.133. The van der Waals surface area contributed by atoms with Crippen LogP contribution < -0.4 is 0 Å². The molecular weight excluding hydrogens is 208 g/mol. The van der Waals surface area contributed by atoms with Gasteiger partial charge in [0.05, 0.1) is 25.4 Å². The van der Waals surface area contributed by atoms with Crippen LogP contribution in [0, 0.1) is 5.92 Å².